The van der Waals surface area contributed by atoms with Gasteiger partial charge in [0, 0.05) is 31.9 Å². The first-order chi connectivity index (χ1) is 16.3. The summed E-state index contributed by atoms with van der Waals surface area (Å²) in [7, 11) is 0. The lowest BCUT2D eigenvalue weighted by molar-refractivity contribution is -0.139. The minimum Gasteiger partial charge on any atom is -0.368 e. The van der Waals surface area contributed by atoms with Crippen LogP contribution in [-0.4, -0.2) is 60.4 Å². The zero-order valence-corrected chi connectivity index (χ0v) is 19.5. The minimum absolute atomic E-state index is 0.213. The number of benzene rings is 3. The van der Waals surface area contributed by atoms with Crippen molar-refractivity contribution in [3.63, 3.8) is 0 Å². The molecule has 2 aliphatic rings. The van der Waals surface area contributed by atoms with Crippen LogP contribution in [-0.2, 0) is 15.1 Å². The fourth-order valence-electron chi connectivity index (χ4n) is 4.81. The highest BCUT2D eigenvalue weighted by Gasteiger charge is 2.49. The van der Waals surface area contributed by atoms with Crippen LogP contribution >= 0.6 is 0 Å². The van der Waals surface area contributed by atoms with Crippen LogP contribution in [0.2, 0.25) is 0 Å². The molecule has 4 amide bonds. The Labute approximate surface area is 198 Å². The van der Waals surface area contributed by atoms with E-state index in [0.717, 1.165) is 21.4 Å². The molecule has 174 valence electrons. The van der Waals surface area contributed by atoms with Crippen molar-refractivity contribution in [3.05, 3.63) is 77.9 Å². The number of imide groups is 1. The number of rotatable bonds is 4. The van der Waals surface area contributed by atoms with E-state index in [2.05, 4.69) is 35.3 Å². The van der Waals surface area contributed by atoms with Crippen LogP contribution in [0, 0.1) is 6.92 Å². The summed E-state index contributed by atoms with van der Waals surface area (Å²) in [6, 6.07) is 21.4. The van der Waals surface area contributed by atoms with Gasteiger partial charge in [-0.05, 0) is 53.9 Å². The number of aryl methyl sites for hydroxylation is 1. The Bertz CT molecular complexity index is 1280. The normalized spacial score (nSPS) is 20.7. The number of nitrogens with one attached hydrogen (secondary N) is 1. The molecule has 3 aromatic rings. The van der Waals surface area contributed by atoms with Crippen LogP contribution in [0.15, 0.2) is 66.7 Å². The number of anilines is 1. The summed E-state index contributed by atoms with van der Waals surface area (Å²) in [4.78, 5) is 44.1. The lowest BCUT2D eigenvalue weighted by Gasteiger charge is -2.36. The van der Waals surface area contributed by atoms with Gasteiger partial charge in [-0.25, -0.2) is 4.79 Å². The Balaban J connectivity index is 1.26. The number of hydrogen-bond donors (Lipinski definition) is 1. The smallest absolute Gasteiger partial charge is 0.325 e. The van der Waals surface area contributed by atoms with E-state index in [1.54, 1.807) is 11.8 Å². The van der Waals surface area contributed by atoms with E-state index in [1.807, 2.05) is 48.5 Å². The number of carbonyl (C=O) groups excluding carboxylic acids is 3. The van der Waals surface area contributed by atoms with Crippen molar-refractivity contribution in [1.82, 2.24) is 15.1 Å². The maximum atomic E-state index is 13.3. The molecule has 0 aromatic heterocycles. The molecule has 2 saturated heterocycles. The summed E-state index contributed by atoms with van der Waals surface area (Å²) in [5.41, 5.74) is 1.84. The topological polar surface area (TPSA) is 73.0 Å². The zero-order valence-electron chi connectivity index (χ0n) is 19.5. The van der Waals surface area contributed by atoms with Crippen LogP contribution < -0.4 is 10.2 Å². The molecule has 1 N–H and O–H groups in total. The van der Waals surface area contributed by atoms with Crippen molar-refractivity contribution < 1.29 is 14.4 Å². The summed E-state index contributed by atoms with van der Waals surface area (Å²) in [5.74, 6) is -0.616. The van der Waals surface area contributed by atoms with Gasteiger partial charge in [0.15, 0.2) is 0 Å². The first kappa shape index (κ1) is 21.9. The number of urea groups is 1. The number of fused-ring (bicyclic) bond motifs is 1. The fraction of sp³-hybridized carbons (Fsp3) is 0.296. The second-order valence-electron chi connectivity index (χ2n) is 9.22. The number of nitrogens with zero attached hydrogens (tertiary/aromatic N) is 3. The minimum atomic E-state index is -1.20. The lowest BCUT2D eigenvalue weighted by atomic mass is 9.90. The van der Waals surface area contributed by atoms with Crippen molar-refractivity contribution in [2.24, 2.45) is 0 Å². The van der Waals surface area contributed by atoms with Crippen LogP contribution in [0.25, 0.3) is 10.8 Å². The number of carbonyl (C=O) groups is 3. The molecule has 2 heterocycles. The molecule has 2 fully saturated rings. The van der Waals surface area contributed by atoms with Gasteiger partial charge in [-0.15, -0.1) is 0 Å². The van der Waals surface area contributed by atoms with E-state index in [9.17, 15) is 14.4 Å². The zero-order chi connectivity index (χ0) is 23.9. The van der Waals surface area contributed by atoms with Gasteiger partial charge >= 0.3 is 6.03 Å². The maximum absolute atomic E-state index is 13.3. The summed E-state index contributed by atoms with van der Waals surface area (Å²) in [6.45, 7) is 6.04. The van der Waals surface area contributed by atoms with Crippen LogP contribution in [0.4, 0.5) is 10.5 Å². The highest BCUT2D eigenvalue weighted by Crippen LogP contribution is 2.31. The van der Waals surface area contributed by atoms with E-state index in [0.29, 0.717) is 31.7 Å². The standard InChI is InChI=1S/C27H28N4O3/c1-19-6-5-9-23(16-19)29-12-14-30(15-13-29)24(32)18-31-25(33)27(2,28-26(31)34)22-11-10-20-7-3-4-8-21(20)17-22/h3-11,16-17H,12-15,18H2,1-2H3,(H,28,34)/t27-/m1/s1. The predicted octanol–water partition coefficient (Wildman–Crippen LogP) is 3.26. The molecule has 0 bridgehead atoms. The molecule has 0 radical (unpaired) electrons. The van der Waals surface area contributed by atoms with Crippen LogP contribution in [0.3, 0.4) is 0 Å². The van der Waals surface area contributed by atoms with E-state index in [4.69, 9.17) is 0 Å². The summed E-state index contributed by atoms with van der Waals surface area (Å²) in [5, 5.41) is 4.86. The predicted molar refractivity (Wildman–Crippen MR) is 132 cm³/mol. The summed E-state index contributed by atoms with van der Waals surface area (Å²) < 4.78 is 0. The van der Waals surface area contributed by atoms with Gasteiger partial charge in [0.2, 0.25) is 5.91 Å². The quantitative estimate of drug-likeness (QED) is 0.612. The number of piperazine rings is 1. The monoisotopic (exact) mass is 456 g/mol. The van der Waals surface area contributed by atoms with Gasteiger partial charge in [0.05, 0.1) is 0 Å². The molecular formula is C27H28N4O3. The highest BCUT2D eigenvalue weighted by molar-refractivity contribution is 6.09. The van der Waals surface area contributed by atoms with E-state index in [-0.39, 0.29) is 12.5 Å². The Morgan fingerprint density at radius 2 is 1.65 bits per heavy atom. The summed E-state index contributed by atoms with van der Waals surface area (Å²) >= 11 is 0. The first-order valence-electron chi connectivity index (χ1n) is 11.6. The Morgan fingerprint density at radius 3 is 2.38 bits per heavy atom. The molecule has 0 saturated carbocycles. The van der Waals surface area contributed by atoms with Gasteiger partial charge in [-0.1, -0.05) is 48.5 Å². The molecule has 5 rings (SSSR count). The summed E-state index contributed by atoms with van der Waals surface area (Å²) in [6.07, 6.45) is 0. The highest BCUT2D eigenvalue weighted by atomic mass is 16.2. The van der Waals surface area contributed by atoms with Crippen molar-refractivity contribution in [2.45, 2.75) is 19.4 Å². The molecule has 34 heavy (non-hydrogen) atoms. The number of amides is 4. The maximum Gasteiger partial charge on any atom is 0.325 e. The molecule has 7 heteroatoms. The third kappa shape index (κ3) is 3.87. The molecule has 0 spiro atoms. The van der Waals surface area contributed by atoms with E-state index in [1.165, 1.54) is 5.56 Å². The van der Waals surface area contributed by atoms with Crippen molar-refractivity contribution in [1.29, 1.82) is 0 Å². The Kier molecular flexibility index (Phi) is 5.48. The van der Waals surface area contributed by atoms with Crippen molar-refractivity contribution in [2.75, 3.05) is 37.6 Å². The third-order valence-electron chi connectivity index (χ3n) is 6.89. The lowest BCUT2D eigenvalue weighted by Crippen LogP contribution is -2.52. The molecular weight excluding hydrogens is 428 g/mol. The average Bonchev–Trinajstić information content (AvgIpc) is 3.07. The molecule has 0 aliphatic carbocycles. The van der Waals surface area contributed by atoms with E-state index >= 15 is 0 Å². The SMILES string of the molecule is Cc1cccc(N2CCN(C(=O)CN3C(=O)N[C@](C)(c4ccc5ccccc5c4)C3=O)CC2)c1. The molecule has 2 aliphatic heterocycles. The van der Waals surface area contributed by atoms with Gasteiger partial charge in [-0.3, -0.25) is 14.5 Å². The van der Waals surface area contributed by atoms with Gasteiger partial charge in [0.1, 0.15) is 12.1 Å². The average molecular weight is 457 g/mol. The fourth-order valence-corrected chi connectivity index (χ4v) is 4.81. The second kappa shape index (κ2) is 8.48. The van der Waals surface area contributed by atoms with Crippen LogP contribution in [0.1, 0.15) is 18.1 Å². The van der Waals surface area contributed by atoms with E-state index < -0.39 is 17.5 Å². The van der Waals surface area contributed by atoms with Gasteiger partial charge < -0.3 is 15.1 Å². The third-order valence-corrected chi connectivity index (χ3v) is 6.89. The van der Waals surface area contributed by atoms with Crippen molar-refractivity contribution >= 4 is 34.3 Å². The second-order valence-corrected chi connectivity index (χ2v) is 9.22. The first-order valence-corrected chi connectivity index (χ1v) is 11.6. The largest absolute Gasteiger partial charge is 0.368 e. The Hall–Kier alpha value is -3.87. The molecule has 1 atom stereocenters. The number of hydrogen-bond acceptors (Lipinski definition) is 4. The van der Waals surface area contributed by atoms with Crippen LogP contribution in [0.5, 0.6) is 0 Å². The Morgan fingerprint density at radius 1 is 0.912 bits per heavy atom. The molecule has 0 unspecified atom stereocenters. The van der Waals surface area contributed by atoms with Gasteiger partial charge in [-0.2, -0.15) is 0 Å². The molecule has 3 aromatic carbocycles. The van der Waals surface area contributed by atoms with Gasteiger partial charge in [0.25, 0.3) is 5.91 Å². The van der Waals surface area contributed by atoms with Crippen molar-refractivity contribution in [3.8, 4) is 0 Å². The molecule has 7 nitrogen and oxygen atoms in total.